The summed E-state index contributed by atoms with van der Waals surface area (Å²) >= 11 is 0. The molecule has 1 aliphatic carbocycles. The molecular weight excluding hydrogens is 188 g/mol. The van der Waals surface area contributed by atoms with E-state index >= 15 is 0 Å². The van der Waals surface area contributed by atoms with Gasteiger partial charge in [-0.3, -0.25) is 4.79 Å². The lowest BCUT2D eigenvalue weighted by Gasteiger charge is -2.29. The van der Waals surface area contributed by atoms with Gasteiger partial charge in [0.2, 0.25) is 5.91 Å². The molecule has 0 aromatic rings. The Morgan fingerprint density at radius 2 is 1.80 bits per heavy atom. The Morgan fingerprint density at radius 1 is 1.27 bits per heavy atom. The fraction of sp³-hybridized carbons (Fsp3) is 0.833. The van der Waals surface area contributed by atoms with Crippen molar-refractivity contribution in [1.29, 1.82) is 5.26 Å². The number of nitrogens with zero attached hydrogens (tertiary/aromatic N) is 1. The van der Waals surface area contributed by atoms with E-state index < -0.39 is 5.54 Å². The van der Waals surface area contributed by atoms with Crippen LogP contribution < -0.4 is 5.32 Å². The number of amides is 1. The van der Waals surface area contributed by atoms with Crippen molar-refractivity contribution >= 4 is 5.91 Å². The zero-order valence-corrected chi connectivity index (χ0v) is 9.51. The van der Waals surface area contributed by atoms with Gasteiger partial charge in [-0.05, 0) is 12.8 Å². The van der Waals surface area contributed by atoms with E-state index in [0.29, 0.717) is 6.42 Å². The standard InChI is InChI=1S/C12H20N2O/c1-2-11(15)14-12(10-13)8-6-4-3-5-7-9-12/h2-9H2,1H3,(H,14,15). The van der Waals surface area contributed by atoms with Crippen molar-refractivity contribution in [2.45, 2.75) is 63.8 Å². The fourth-order valence-corrected chi connectivity index (χ4v) is 2.13. The van der Waals surface area contributed by atoms with Crippen LogP contribution in [0, 0.1) is 11.3 Å². The molecule has 1 aliphatic rings. The monoisotopic (exact) mass is 208 g/mol. The second-order valence-electron chi connectivity index (χ2n) is 4.36. The minimum Gasteiger partial charge on any atom is -0.338 e. The summed E-state index contributed by atoms with van der Waals surface area (Å²) in [6.07, 6.45) is 7.84. The van der Waals surface area contributed by atoms with Gasteiger partial charge in [-0.25, -0.2) is 0 Å². The summed E-state index contributed by atoms with van der Waals surface area (Å²) in [6, 6.07) is 2.32. The number of carbonyl (C=O) groups is 1. The molecule has 0 aliphatic heterocycles. The Hall–Kier alpha value is -1.04. The molecule has 0 aromatic heterocycles. The SMILES string of the molecule is CCC(=O)NC1(C#N)CCCCCCC1. The number of nitrogens with one attached hydrogen (secondary N) is 1. The minimum absolute atomic E-state index is 0.00266. The van der Waals surface area contributed by atoms with Crippen LogP contribution in [0.15, 0.2) is 0 Å². The molecule has 1 saturated carbocycles. The number of hydrogen-bond donors (Lipinski definition) is 1. The highest BCUT2D eigenvalue weighted by Gasteiger charge is 2.31. The summed E-state index contributed by atoms with van der Waals surface area (Å²) in [5, 5.41) is 12.1. The van der Waals surface area contributed by atoms with Crippen molar-refractivity contribution in [2.75, 3.05) is 0 Å². The maximum atomic E-state index is 11.4. The smallest absolute Gasteiger partial charge is 0.220 e. The molecule has 1 rings (SSSR count). The first-order chi connectivity index (χ1) is 7.22. The molecule has 3 nitrogen and oxygen atoms in total. The average Bonchev–Trinajstić information content (AvgIpc) is 2.22. The summed E-state index contributed by atoms with van der Waals surface area (Å²) in [5.41, 5.74) is -0.576. The highest BCUT2D eigenvalue weighted by atomic mass is 16.1. The molecule has 0 radical (unpaired) electrons. The third-order valence-electron chi connectivity index (χ3n) is 3.12. The lowest BCUT2D eigenvalue weighted by Crippen LogP contribution is -2.47. The Balaban J connectivity index is 2.63. The maximum absolute atomic E-state index is 11.4. The average molecular weight is 208 g/mol. The fourth-order valence-electron chi connectivity index (χ4n) is 2.13. The molecule has 0 unspecified atom stereocenters. The molecule has 0 spiro atoms. The van der Waals surface area contributed by atoms with Crippen LogP contribution >= 0.6 is 0 Å². The van der Waals surface area contributed by atoms with Crippen LogP contribution in [0.25, 0.3) is 0 Å². The van der Waals surface area contributed by atoms with Crippen molar-refractivity contribution in [3.8, 4) is 6.07 Å². The highest BCUT2D eigenvalue weighted by molar-refractivity contribution is 5.76. The first-order valence-corrected chi connectivity index (χ1v) is 5.95. The van der Waals surface area contributed by atoms with E-state index in [2.05, 4.69) is 11.4 Å². The van der Waals surface area contributed by atoms with Gasteiger partial charge in [0.1, 0.15) is 5.54 Å². The van der Waals surface area contributed by atoms with Gasteiger partial charge in [-0.2, -0.15) is 5.26 Å². The molecule has 0 heterocycles. The summed E-state index contributed by atoms with van der Waals surface area (Å²) in [4.78, 5) is 11.4. The zero-order chi connectivity index (χ0) is 11.1. The van der Waals surface area contributed by atoms with Crippen LogP contribution in [0.2, 0.25) is 0 Å². The van der Waals surface area contributed by atoms with Gasteiger partial charge in [-0.1, -0.05) is 39.0 Å². The minimum atomic E-state index is -0.576. The topological polar surface area (TPSA) is 52.9 Å². The predicted molar refractivity (Wildman–Crippen MR) is 59.1 cm³/mol. The molecule has 0 saturated heterocycles. The Kier molecular flexibility index (Phi) is 4.61. The van der Waals surface area contributed by atoms with Crippen LogP contribution in [0.1, 0.15) is 58.3 Å². The molecule has 0 aromatic carbocycles. The van der Waals surface area contributed by atoms with Crippen molar-refractivity contribution in [3.05, 3.63) is 0 Å². The van der Waals surface area contributed by atoms with Crippen molar-refractivity contribution in [1.82, 2.24) is 5.32 Å². The van der Waals surface area contributed by atoms with Crippen LogP contribution in [0.5, 0.6) is 0 Å². The number of hydrogen-bond acceptors (Lipinski definition) is 2. The lowest BCUT2D eigenvalue weighted by molar-refractivity contribution is -0.122. The van der Waals surface area contributed by atoms with E-state index in [4.69, 9.17) is 0 Å². The first kappa shape index (κ1) is 12.0. The molecule has 15 heavy (non-hydrogen) atoms. The third-order valence-corrected chi connectivity index (χ3v) is 3.12. The Labute approximate surface area is 91.9 Å². The Morgan fingerprint density at radius 3 is 2.27 bits per heavy atom. The Bertz CT molecular complexity index is 247. The van der Waals surface area contributed by atoms with Gasteiger partial charge < -0.3 is 5.32 Å². The van der Waals surface area contributed by atoms with Gasteiger partial charge in [0, 0.05) is 6.42 Å². The van der Waals surface area contributed by atoms with Gasteiger partial charge in [0.15, 0.2) is 0 Å². The van der Waals surface area contributed by atoms with E-state index in [-0.39, 0.29) is 5.91 Å². The first-order valence-electron chi connectivity index (χ1n) is 5.95. The van der Waals surface area contributed by atoms with Gasteiger partial charge >= 0.3 is 0 Å². The molecule has 1 fully saturated rings. The summed E-state index contributed by atoms with van der Waals surface area (Å²) in [7, 11) is 0. The molecule has 0 atom stereocenters. The highest BCUT2D eigenvalue weighted by Crippen LogP contribution is 2.25. The maximum Gasteiger partial charge on any atom is 0.220 e. The quantitative estimate of drug-likeness (QED) is 0.758. The molecule has 0 bridgehead atoms. The summed E-state index contributed by atoms with van der Waals surface area (Å²) < 4.78 is 0. The normalized spacial score (nSPS) is 20.8. The van der Waals surface area contributed by atoms with E-state index in [1.54, 1.807) is 0 Å². The molecule has 84 valence electrons. The summed E-state index contributed by atoms with van der Waals surface area (Å²) in [5.74, 6) is -0.00266. The van der Waals surface area contributed by atoms with Gasteiger partial charge in [0.05, 0.1) is 6.07 Å². The van der Waals surface area contributed by atoms with Crippen LogP contribution in [0.4, 0.5) is 0 Å². The molecule has 1 N–H and O–H groups in total. The van der Waals surface area contributed by atoms with Crippen LogP contribution in [-0.4, -0.2) is 11.4 Å². The van der Waals surface area contributed by atoms with Crippen molar-refractivity contribution in [3.63, 3.8) is 0 Å². The van der Waals surface area contributed by atoms with Gasteiger partial charge in [-0.15, -0.1) is 0 Å². The molecule has 3 heteroatoms. The molecular formula is C12H20N2O. The second kappa shape index (κ2) is 5.75. The number of nitriles is 1. The van der Waals surface area contributed by atoms with Crippen molar-refractivity contribution < 1.29 is 4.79 Å². The molecule has 1 amide bonds. The van der Waals surface area contributed by atoms with E-state index in [1.807, 2.05) is 6.92 Å². The second-order valence-corrected chi connectivity index (χ2v) is 4.36. The van der Waals surface area contributed by atoms with Crippen LogP contribution in [0.3, 0.4) is 0 Å². The van der Waals surface area contributed by atoms with Crippen molar-refractivity contribution in [2.24, 2.45) is 0 Å². The third kappa shape index (κ3) is 3.54. The van der Waals surface area contributed by atoms with Gasteiger partial charge in [0.25, 0.3) is 0 Å². The largest absolute Gasteiger partial charge is 0.338 e. The number of carbonyl (C=O) groups excluding carboxylic acids is 1. The van der Waals surface area contributed by atoms with E-state index in [9.17, 15) is 10.1 Å². The lowest BCUT2D eigenvalue weighted by atomic mass is 9.85. The van der Waals surface area contributed by atoms with E-state index in [1.165, 1.54) is 19.3 Å². The van der Waals surface area contributed by atoms with Crippen LogP contribution in [-0.2, 0) is 4.79 Å². The zero-order valence-electron chi connectivity index (χ0n) is 9.51. The predicted octanol–water partition coefficient (Wildman–Crippen LogP) is 2.52. The van der Waals surface area contributed by atoms with E-state index in [0.717, 1.165) is 25.7 Å². The number of rotatable bonds is 2. The summed E-state index contributed by atoms with van der Waals surface area (Å²) in [6.45, 7) is 1.82.